The lowest BCUT2D eigenvalue weighted by Crippen LogP contribution is -2.48. The SMILES string of the molecule is C[Si](C)(C)OC1([C@@H]2CC(=O)Oc3ccccc32)c2ccccc2Oc2ccccc21. The van der Waals surface area contributed by atoms with Crippen LogP contribution in [0.5, 0.6) is 17.2 Å². The molecule has 3 aromatic rings. The molecular weight excluding hydrogens is 392 g/mol. The molecule has 0 bridgehead atoms. The molecule has 0 aromatic heterocycles. The number of esters is 1. The second-order valence-corrected chi connectivity index (χ2v) is 13.2. The van der Waals surface area contributed by atoms with Gasteiger partial charge in [-0.3, -0.25) is 4.79 Å². The van der Waals surface area contributed by atoms with Gasteiger partial charge in [-0.2, -0.15) is 0 Å². The third-order valence-corrected chi connectivity index (χ3v) is 6.58. The molecule has 152 valence electrons. The summed E-state index contributed by atoms with van der Waals surface area (Å²) >= 11 is 0. The van der Waals surface area contributed by atoms with Crippen LogP contribution in [0.15, 0.2) is 72.8 Å². The summed E-state index contributed by atoms with van der Waals surface area (Å²) in [5, 5.41) is 0. The van der Waals surface area contributed by atoms with Crippen LogP contribution < -0.4 is 9.47 Å². The average molecular weight is 417 g/mol. The number of carbonyl (C=O) groups is 1. The Kier molecular flexibility index (Phi) is 4.34. The summed E-state index contributed by atoms with van der Waals surface area (Å²) in [7, 11) is -2.09. The fraction of sp³-hybridized carbons (Fsp3) is 0.240. The van der Waals surface area contributed by atoms with Gasteiger partial charge >= 0.3 is 5.97 Å². The van der Waals surface area contributed by atoms with Gasteiger partial charge in [-0.25, -0.2) is 0 Å². The molecule has 0 aliphatic carbocycles. The number of hydrogen-bond donors (Lipinski definition) is 0. The Labute approximate surface area is 177 Å². The molecule has 5 heteroatoms. The van der Waals surface area contributed by atoms with Crippen molar-refractivity contribution in [2.24, 2.45) is 0 Å². The normalized spacial score (nSPS) is 19.0. The Morgan fingerprint density at radius 3 is 1.93 bits per heavy atom. The second-order valence-electron chi connectivity index (χ2n) is 8.81. The average Bonchev–Trinajstić information content (AvgIpc) is 2.72. The first-order chi connectivity index (χ1) is 14.4. The zero-order chi connectivity index (χ0) is 20.9. The Bertz CT molecular complexity index is 1090. The summed E-state index contributed by atoms with van der Waals surface area (Å²) in [5.41, 5.74) is 2.06. The fourth-order valence-corrected chi connectivity index (χ4v) is 6.02. The highest BCUT2D eigenvalue weighted by molar-refractivity contribution is 6.69. The lowest BCUT2D eigenvalue weighted by Gasteiger charge is -2.49. The monoisotopic (exact) mass is 416 g/mol. The Hall–Kier alpha value is -2.89. The molecule has 0 saturated carbocycles. The molecule has 0 radical (unpaired) electrons. The number of hydrogen-bond acceptors (Lipinski definition) is 4. The highest BCUT2D eigenvalue weighted by atomic mass is 28.4. The van der Waals surface area contributed by atoms with E-state index in [4.69, 9.17) is 13.9 Å². The number of carbonyl (C=O) groups excluding carboxylic acids is 1. The van der Waals surface area contributed by atoms with Crippen molar-refractivity contribution in [3.63, 3.8) is 0 Å². The predicted molar refractivity (Wildman–Crippen MR) is 118 cm³/mol. The topological polar surface area (TPSA) is 44.8 Å². The predicted octanol–water partition coefficient (Wildman–Crippen LogP) is 5.98. The molecule has 2 aliphatic rings. The standard InChI is InChI=1S/C25H24O4Si/c1-30(2,3)29-25(20-16-24(26)28-21-13-7-4-10-17(20)21)18-11-5-8-14-22(18)27-23-15-9-6-12-19(23)25/h4-15,20H,16H2,1-3H3/t20-/m1/s1. The molecule has 0 fully saturated rings. The van der Waals surface area contributed by atoms with Gasteiger partial charge in [0, 0.05) is 22.6 Å². The Balaban J connectivity index is 1.86. The molecule has 2 aliphatic heterocycles. The maximum absolute atomic E-state index is 12.7. The molecule has 4 nitrogen and oxygen atoms in total. The van der Waals surface area contributed by atoms with Gasteiger partial charge < -0.3 is 13.9 Å². The van der Waals surface area contributed by atoms with Gasteiger partial charge in [-0.05, 0) is 37.8 Å². The van der Waals surface area contributed by atoms with Crippen molar-refractivity contribution in [3.8, 4) is 17.2 Å². The quantitative estimate of drug-likeness (QED) is 0.299. The molecule has 1 atom stereocenters. The van der Waals surface area contributed by atoms with E-state index in [1.165, 1.54) is 0 Å². The molecular formula is C25H24O4Si. The van der Waals surface area contributed by atoms with E-state index in [9.17, 15) is 4.79 Å². The summed E-state index contributed by atoms with van der Waals surface area (Å²) in [6.45, 7) is 6.55. The molecule has 0 amide bonds. The van der Waals surface area contributed by atoms with Gasteiger partial charge in [0.25, 0.3) is 0 Å². The van der Waals surface area contributed by atoms with Crippen molar-refractivity contribution in [2.45, 2.75) is 37.6 Å². The van der Waals surface area contributed by atoms with E-state index < -0.39 is 13.9 Å². The summed E-state index contributed by atoms with van der Waals surface area (Å²) < 4.78 is 19.0. The minimum atomic E-state index is -2.09. The van der Waals surface area contributed by atoms with Gasteiger partial charge in [0.2, 0.25) is 0 Å². The van der Waals surface area contributed by atoms with E-state index in [1.807, 2.05) is 60.7 Å². The molecule has 0 unspecified atom stereocenters. The van der Waals surface area contributed by atoms with E-state index >= 15 is 0 Å². The Morgan fingerprint density at radius 2 is 1.33 bits per heavy atom. The van der Waals surface area contributed by atoms with Crippen molar-refractivity contribution < 1.29 is 18.7 Å². The highest BCUT2D eigenvalue weighted by Crippen LogP contribution is 2.59. The van der Waals surface area contributed by atoms with Crippen molar-refractivity contribution in [1.82, 2.24) is 0 Å². The summed E-state index contributed by atoms with van der Waals surface area (Å²) in [6.07, 6.45) is 0.240. The maximum atomic E-state index is 12.7. The molecule has 0 saturated heterocycles. The summed E-state index contributed by atoms with van der Waals surface area (Å²) in [4.78, 5) is 12.7. The maximum Gasteiger partial charge on any atom is 0.311 e. The lowest BCUT2D eigenvalue weighted by molar-refractivity contribution is -0.137. The number of benzene rings is 3. The Morgan fingerprint density at radius 1 is 0.800 bits per heavy atom. The van der Waals surface area contributed by atoms with Crippen LogP contribution in [0, 0.1) is 0 Å². The van der Waals surface area contributed by atoms with E-state index in [-0.39, 0.29) is 18.3 Å². The third kappa shape index (κ3) is 2.97. The molecule has 0 spiro atoms. The zero-order valence-electron chi connectivity index (χ0n) is 17.3. The molecule has 5 rings (SSSR count). The van der Waals surface area contributed by atoms with Crippen LogP contribution in [0.2, 0.25) is 19.6 Å². The molecule has 2 heterocycles. The number of para-hydroxylation sites is 3. The smallest absolute Gasteiger partial charge is 0.311 e. The van der Waals surface area contributed by atoms with E-state index in [1.54, 1.807) is 0 Å². The van der Waals surface area contributed by atoms with E-state index in [2.05, 4.69) is 31.8 Å². The van der Waals surface area contributed by atoms with Gasteiger partial charge in [0.05, 0.1) is 6.42 Å². The van der Waals surface area contributed by atoms with Crippen molar-refractivity contribution >= 4 is 14.3 Å². The van der Waals surface area contributed by atoms with Gasteiger partial charge in [-0.15, -0.1) is 0 Å². The minimum Gasteiger partial charge on any atom is -0.457 e. The minimum absolute atomic E-state index is 0.229. The van der Waals surface area contributed by atoms with E-state index in [0.29, 0.717) is 5.75 Å². The van der Waals surface area contributed by atoms with Crippen molar-refractivity contribution in [2.75, 3.05) is 0 Å². The van der Waals surface area contributed by atoms with Crippen LogP contribution in [0.3, 0.4) is 0 Å². The van der Waals surface area contributed by atoms with Crippen LogP contribution in [0.25, 0.3) is 0 Å². The number of fused-ring (bicyclic) bond motifs is 3. The lowest BCUT2D eigenvalue weighted by atomic mass is 9.69. The van der Waals surface area contributed by atoms with Crippen LogP contribution in [-0.4, -0.2) is 14.3 Å². The number of ether oxygens (including phenoxy) is 2. The van der Waals surface area contributed by atoms with Crippen LogP contribution >= 0.6 is 0 Å². The molecule has 3 aromatic carbocycles. The first kappa shape index (κ1) is 19.1. The van der Waals surface area contributed by atoms with Crippen LogP contribution in [0.4, 0.5) is 0 Å². The first-order valence-corrected chi connectivity index (χ1v) is 13.7. The largest absolute Gasteiger partial charge is 0.457 e. The fourth-order valence-electron chi connectivity index (χ4n) is 4.69. The highest BCUT2D eigenvalue weighted by Gasteiger charge is 2.54. The summed E-state index contributed by atoms with van der Waals surface area (Å²) in [5.74, 6) is 1.68. The van der Waals surface area contributed by atoms with Crippen molar-refractivity contribution in [3.05, 3.63) is 89.5 Å². The van der Waals surface area contributed by atoms with Gasteiger partial charge in [0.15, 0.2) is 8.32 Å². The third-order valence-electron chi connectivity index (χ3n) is 5.64. The van der Waals surface area contributed by atoms with Crippen LogP contribution in [-0.2, 0) is 14.8 Å². The molecule has 30 heavy (non-hydrogen) atoms. The number of rotatable bonds is 3. The molecule has 0 N–H and O–H groups in total. The van der Waals surface area contributed by atoms with Crippen LogP contribution in [0.1, 0.15) is 29.0 Å². The van der Waals surface area contributed by atoms with E-state index in [0.717, 1.165) is 28.2 Å². The summed E-state index contributed by atoms with van der Waals surface area (Å²) in [6, 6.07) is 23.8. The van der Waals surface area contributed by atoms with Crippen molar-refractivity contribution in [1.29, 1.82) is 0 Å². The zero-order valence-corrected chi connectivity index (χ0v) is 18.3. The second kappa shape index (κ2) is 6.82. The van der Waals surface area contributed by atoms with Gasteiger partial charge in [-0.1, -0.05) is 54.6 Å². The first-order valence-electron chi connectivity index (χ1n) is 10.3. The van der Waals surface area contributed by atoms with Gasteiger partial charge in [0.1, 0.15) is 22.8 Å².